The third kappa shape index (κ3) is 4.85. The predicted octanol–water partition coefficient (Wildman–Crippen LogP) is 4.82. The molecule has 0 aliphatic heterocycles. The van der Waals surface area contributed by atoms with Crippen molar-refractivity contribution in [2.45, 2.75) is 60.1 Å². The molecule has 2 rings (SSSR count). The van der Waals surface area contributed by atoms with Gasteiger partial charge in [0.05, 0.1) is 6.04 Å². The summed E-state index contributed by atoms with van der Waals surface area (Å²) < 4.78 is 5.93. The lowest BCUT2D eigenvalue weighted by molar-refractivity contribution is -0.127. The van der Waals surface area contributed by atoms with E-state index in [1.54, 1.807) is 6.92 Å². The quantitative estimate of drug-likeness (QED) is 0.819. The largest absolute Gasteiger partial charge is 0.481 e. The Bertz CT molecular complexity index is 734. The molecule has 1 amide bonds. The first kappa shape index (κ1) is 19.0. The van der Waals surface area contributed by atoms with Gasteiger partial charge in [-0.25, -0.2) is 0 Å². The molecule has 134 valence electrons. The van der Waals surface area contributed by atoms with Crippen LogP contribution in [0.2, 0.25) is 0 Å². The van der Waals surface area contributed by atoms with Crippen LogP contribution in [0.3, 0.4) is 0 Å². The van der Waals surface area contributed by atoms with E-state index >= 15 is 0 Å². The van der Waals surface area contributed by atoms with Crippen molar-refractivity contribution in [1.29, 1.82) is 0 Å². The third-order valence-electron chi connectivity index (χ3n) is 4.68. The highest BCUT2D eigenvalue weighted by Crippen LogP contribution is 2.24. The van der Waals surface area contributed by atoms with Crippen LogP contribution in [0, 0.1) is 20.8 Å². The zero-order chi connectivity index (χ0) is 18.6. The van der Waals surface area contributed by atoms with Crippen LogP contribution < -0.4 is 10.1 Å². The summed E-state index contributed by atoms with van der Waals surface area (Å²) in [6.45, 7) is 12.0. The number of hydrogen-bond acceptors (Lipinski definition) is 2. The second kappa shape index (κ2) is 8.19. The number of hydrogen-bond donors (Lipinski definition) is 1. The molecule has 25 heavy (non-hydrogen) atoms. The molecule has 3 nitrogen and oxygen atoms in total. The summed E-state index contributed by atoms with van der Waals surface area (Å²) in [6, 6.07) is 12.4. The van der Waals surface area contributed by atoms with Gasteiger partial charge in [-0.15, -0.1) is 0 Å². The summed E-state index contributed by atoms with van der Waals surface area (Å²) in [5, 5.41) is 3.04. The maximum absolute atomic E-state index is 12.5. The van der Waals surface area contributed by atoms with Crippen molar-refractivity contribution < 1.29 is 9.53 Å². The van der Waals surface area contributed by atoms with Gasteiger partial charge in [-0.2, -0.15) is 0 Å². The van der Waals surface area contributed by atoms with E-state index in [9.17, 15) is 4.79 Å². The second-order valence-corrected chi connectivity index (χ2v) is 6.79. The average Bonchev–Trinajstić information content (AvgIpc) is 2.59. The molecule has 2 aromatic carbocycles. The van der Waals surface area contributed by atoms with Gasteiger partial charge < -0.3 is 10.1 Å². The molecule has 2 atom stereocenters. The zero-order valence-electron chi connectivity index (χ0n) is 16.1. The lowest BCUT2D eigenvalue weighted by Gasteiger charge is -2.21. The molecule has 0 spiro atoms. The lowest BCUT2D eigenvalue weighted by atomic mass is 10.0. The van der Waals surface area contributed by atoms with E-state index in [4.69, 9.17) is 4.74 Å². The fourth-order valence-corrected chi connectivity index (χ4v) is 2.82. The molecule has 0 bridgehead atoms. The molecule has 0 radical (unpaired) electrons. The Labute approximate surface area is 151 Å². The lowest BCUT2D eigenvalue weighted by Crippen LogP contribution is -2.37. The van der Waals surface area contributed by atoms with Gasteiger partial charge >= 0.3 is 0 Å². The summed E-state index contributed by atoms with van der Waals surface area (Å²) in [4.78, 5) is 12.5. The van der Waals surface area contributed by atoms with Gasteiger partial charge in [0.2, 0.25) is 0 Å². The van der Waals surface area contributed by atoms with Gasteiger partial charge in [0.1, 0.15) is 5.75 Å². The smallest absolute Gasteiger partial charge is 0.261 e. The number of amides is 1. The number of rotatable bonds is 6. The van der Waals surface area contributed by atoms with E-state index < -0.39 is 6.10 Å². The van der Waals surface area contributed by atoms with Crippen molar-refractivity contribution in [1.82, 2.24) is 5.32 Å². The molecule has 0 heterocycles. The molecule has 3 heteroatoms. The normalized spacial score (nSPS) is 13.2. The topological polar surface area (TPSA) is 38.3 Å². The van der Waals surface area contributed by atoms with Crippen molar-refractivity contribution in [2.24, 2.45) is 0 Å². The first-order valence-electron chi connectivity index (χ1n) is 8.95. The number of ether oxygens (including phenoxy) is 1. The van der Waals surface area contributed by atoms with Crippen LogP contribution in [-0.4, -0.2) is 12.0 Å². The molecule has 0 fully saturated rings. The molecule has 0 saturated heterocycles. The van der Waals surface area contributed by atoms with Gasteiger partial charge in [0.25, 0.3) is 5.91 Å². The minimum atomic E-state index is -0.544. The fraction of sp³-hybridized carbons (Fsp3) is 0.409. The van der Waals surface area contributed by atoms with Crippen LogP contribution in [0.5, 0.6) is 5.75 Å². The van der Waals surface area contributed by atoms with E-state index in [2.05, 4.69) is 49.5 Å². The maximum atomic E-state index is 12.5. The van der Waals surface area contributed by atoms with Gasteiger partial charge in [0.15, 0.2) is 6.10 Å². The molecule has 0 aliphatic rings. The predicted molar refractivity (Wildman–Crippen MR) is 103 cm³/mol. The molecular weight excluding hydrogens is 310 g/mol. The number of nitrogens with one attached hydrogen (secondary N) is 1. The summed E-state index contributed by atoms with van der Waals surface area (Å²) in [5.41, 5.74) is 5.78. The summed E-state index contributed by atoms with van der Waals surface area (Å²) in [6.07, 6.45) is 0.471. The Morgan fingerprint density at radius 1 is 1.08 bits per heavy atom. The summed E-state index contributed by atoms with van der Waals surface area (Å²) in [5.74, 6) is 0.672. The van der Waals surface area contributed by atoms with Crippen molar-refractivity contribution in [3.8, 4) is 5.75 Å². The number of carbonyl (C=O) groups excluding carboxylic acids is 1. The molecule has 0 aromatic heterocycles. The van der Waals surface area contributed by atoms with E-state index in [0.29, 0.717) is 0 Å². The van der Waals surface area contributed by atoms with Gasteiger partial charge in [-0.3, -0.25) is 4.79 Å². The summed E-state index contributed by atoms with van der Waals surface area (Å²) in [7, 11) is 0. The summed E-state index contributed by atoms with van der Waals surface area (Å²) >= 11 is 0. The second-order valence-electron chi connectivity index (χ2n) is 6.79. The Balaban J connectivity index is 2.02. The van der Waals surface area contributed by atoms with Crippen LogP contribution in [0.15, 0.2) is 36.4 Å². The van der Waals surface area contributed by atoms with E-state index in [0.717, 1.165) is 28.9 Å². The van der Waals surface area contributed by atoms with Crippen LogP contribution in [0.4, 0.5) is 0 Å². The van der Waals surface area contributed by atoms with Gasteiger partial charge in [-0.1, -0.05) is 37.3 Å². The number of benzene rings is 2. The Hall–Kier alpha value is -2.29. The highest BCUT2D eigenvalue weighted by molar-refractivity contribution is 5.81. The average molecular weight is 339 g/mol. The van der Waals surface area contributed by atoms with Crippen LogP contribution in [-0.2, 0) is 11.2 Å². The van der Waals surface area contributed by atoms with E-state index in [-0.39, 0.29) is 11.9 Å². The Morgan fingerprint density at radius 2 is 1.72 bits per heavy atom. The van der Waals surface area contributed by atoms with E-state index in [1.165, 1.54) is 11.1 Å². The van der Waals surface area contributed by atoms with Crippen molar-refractivity contribution in [3.63, 3.8) is 0 Å². The van der Waals surface area contributed by atoms with Crippen molar-refractivity contribution in [3.05, 3.63) is 64.2 Å². The molecule has 0 saturated carbocycles. The zero-order valence-corrected chi connectivity index (χ0v) is 16.1. The first-order chi connectivity index (χ1) is 11.8. The highest BCUT2D eigenvalue weighted by Gasteiger charge is 2.19. The Kier molecular flexibility index (Phi) is 6.24. The molecular formula is C22H29NO2. The standard InChI is InChI=1S/C22H29NO2/c1-7-19-8-10-20(11-9-19)17(5)23-22(24)18(6)25-21-13-14(2)12-15(3)16(21)4/h8-13,17-18H,7H2,1-6H3,(H,23,24)/t17-,18-/m1/s1. The van der Waals surface area contributed by atoms with Crippen LogP contribution in [0.1, 0.15) is 54.6 Å². The number of aryl methyl sites for hydroxylation is 3. The first-order valence-corrected chi connectivity index (χ1v) is 8.95. The maximum Gasteiger partial charge on any atom is 0.261 e. The monoisotopic (exact) mass is 339 g/mol. The van der Waals surface area contributed by atoms with Crippen LogP contribution in [0.25, 0.3) is 0 Å². The molecule has 0 unspecified atom stereocenters. The molecule has 2 aromatic rings. The van der Waals surface area contributed by atoms with Crippen molar-refractivity contribution >= 4 is 5.91 Å². The van der Waals surface area contributed by atoms with E-state index in [1.807, 2.05) is 26.8 Å². The number of carbonyl (C=O) groups is 1. The third-order valence-corrected chi connectivity index (χ3v) is 4.68. The van der Waals surface area contributed by atoms with Gasteiger partial charge in [-0.05, 0) is 74.9 Å². The highest BCUT2D eigenvalue weighted by atomic mass is 16.5. The SMILES string of the molecule is CCc1ccc([C@@H](C)NC(=O)[C@@H](C)Oc2cc(C)cc(C)c2C)cc1. The molecule has 0 aliphatic carbocycles. The van der Waals surface area contributed by atoms with Gasteiger partial charge in [0, 0.05) is 0 Å². The van der Waals surface area contributed by atoms with Crippen LogP contribution >= 0.6 is 0 Å². The minimum Gasteiger partial charge on any atom is -0.481 e. The van der Waals surface area contributed by atoms with Crippen molar-refractivity contribution in [2.75, 3.05) is 0 Å². The minimum absolute atomic E-state index is 0.0511. The molecule has 1 N–H and O–H groups in total. The Morgan fingerprint density at radius 3 is 2.32 bits per heavy atom. The fourth-order valence-electron chi connectivity index (χ4n) is 2.82.